The molecule has 0 bridgehead atoms. The molecular formula is C17H26O4. The average molecular weight is 294 g/mol. The van der Waals surface area contributed by atoms with Crippen LogP contribution in [-0.4, -0.2) is 25.3 Å². The third kappa shape index (κ3) is 4.96. The molecule has 4 heteroatoms. The molecule has 0 aliphatic heterocycles. The molecular weight excluding hydrogens is 268 g/mol. The number of hydrogen-bond acceptors (Lipinski definition) is 3. The number of carboxylic acids is 1. The number of carbonyl (C=O) groups is 1. The van der Waals surface area contributed by atoms with E-state index in [1.807, 2.05) is 19.1 Å². The van der Waals surface area contributed by atoms with E-state index >= 15 is 0 Å². The molecule has 0 aromatic heterocycles. The summed E-state index contributed by atoms with van der Waals surface area (Å²) >= 11 is 0. The number of aliphatic carboxylic acids is 1. The predicted molar refractivity (Wildman–Crippen MR) is 83.2 cm³/mol. The smallest absolute Gasteiger partial charge is 0.307 e. The lowest BCUT2D eigenvalue weighted by atomic mass is 9.84. The molecule has 0 amide bonds. The van der Waals surface area contributed by atoms with Gasteiger partial charge < -0.3 is 14.6 Å². The Balaban J connectivity index is 2.96. The standard InChI is InChI=1S/C17H26O4/c1-5-6-7-8-16(17(18)19)12(2)13-9-14(20-3)11-15(10-13)21-4/h9-12,16H,5-8H2,1-4H3,(H,18,19)/t12-,16-/m1/s1. The van der Waals surface area contributed by atoms with Gasteiger partial charge in [-0.1, -0.05) is 33.1 Å². The first-order valence-corrected chi connectivity index (χ1v) is 7.49. The largest absolute Gasteiger partial charge is 0.497 e. The van der Waals surface area contributed by atoms with Crippen LogP contribution in [0, 0.1) is 5.92 Å². The lowest BCUT2D eigenvalue weighted by Crippen LogP contribution is -2.20. The molecule has 0 aliphatic rings. The Hall–Kier alpha value is -1.71. The second kappa shape index (κ2) is 8.55. The molecule has 1 aromatic rings. The van der Waals surface area contributed by atoms with Gasteiger partial charge in [0.1, 0.15) is 11.5 Å². The summed E-state index contributed by atoms with van der Waals surface area (Å²) in [5, 5.41) is 9.49. The van der Waals surface area contributed by atoms with Crippen LogP contribution in [-0.2, 0) is 4.79 Å². The van der Waals surface area contributed by atoms with Crippen molar-refractivity contribution in [1.82, 2.24) is 0 Å². The van der Waals surface area contributed by atoms with Crippen molar-refractivity contribution in [2.45, 2.75) is 45.4 Å². The van der Waals surface area contributed by atoms with E-state index in [1.54, 1.807) is 20.3 Å². The summed E-state index contributed by atoms with van der Waals surface area (Å²) in [6.45, 7) is 4.07. The average Bonchev–Trinajstić information content (AvgIpc) is 2.50. The van der Waals surface area contributed by atoms with Crippen LogP contribution in [0.25, 0.3) is 0 Å². The van der Waals surface area contributed by atoms with Crippen LogP contribution >= 0.6 is 0 Å². The summed E-state index contributed by atoms with van der Waals surface area (Å²) in [6.07, 6.45) is 3.80. The molecule has 21 heavy (non-hydrogen) atoms. The van der Waals surface area contributed by atoms with E-state index in [1.165, 1.54) is 0 Å². The van der Waals surface area contributed by atoms with Crippen LogP contribution in [0.4, 0.5) is 0 Å². The van der Waals surface area contributed by atoms with Crippen molar-refractivity contribution in [2.75, 3.05) is 14.2 Å². The van der Waals surface area contributed by atoms with Gasteiger partial charge in [-0.15, -0.1) is 0 Å². The third-order valence-electron chi connectivity index (χ3n) is 3.94. The van der Waals surface area contributed by atoms with Crippen LogP contribution in [0.15, 0.2) is 18.2 Å². The maximum absolute atomic E-state index is 11.6. The quantitative estimate of drug-likeness (QED) is 0.697. The first kappa shape index (κ1) is 17.3. The van der Waals surface area contributed by atoms with Gasteiger partial charge in [0.2, 0.25) is 0 Å². The Morgan fingerprint density at radius 2 is 1.71 bits per heavy atom. The van der Waals surface area contributed by atoms with Gasteiger partial charge >= 0.3 is 5.97 Å². The Kier molecular flexibility index (Phi) is 7.06. The molecule has 0 unspecified atom stereocenters. The van der Waals surface area contributed by atoms with Crippen LogP contribution in [0.1, 0.15) is 51.0 Å². The molecule has 4 nitrogen and oxygen atoms in total. The zero-order chi connectivity index (χ0) is 15.8. The van der Waals surface area contributed by atoms with Gasteiger partial charge in [0, 0.05) is 6.07 Å². The Morgan fingerprint density at radius 1 is 1.14 bits per heavy atom. The summed E-state index contributed by atoms with van der Waals surface area (Å²) in [5.74, 6) is 0.180. The molecule has 0 spiro atoms. The van der Waals surface area contributed by atoms with Gasteiger partial charge in [0.25, 0.3) is 0 Å². The summed E-state index contributed by atoms with van der Waals surface area (Å²) in [5.41, 5.74) is 0.940. The fourth-order valence-corrected chi connectivity index (χ4v) is 2.53. The molecule has 0 saturated carbocycles. The van der Waals surface area contributed by atoms with Crippen LogP contribution in [0.3, 0.4) is 0 Å². The van der Waals surface area contributed by atoms with Gasteiger partial charge in [-0.05, 0) is 30.0 Å². The molecule has 0 radical (unpaired) electrons. The topological polar surface area (TPSA) is 55.8 Å². The van der Waals surface area contributed by atoms with Gasteiger partial charge in [0.05, 0.1) is 20.1 Å². The number of carboxylic acid groups (broad SMARTS) is 1. The Morgan fingerprint density at radius 3 is 2.14 bits per heavy atom. The molecule has 1 N–H and O–H groups in total. The molecule has 0 saturated heterocycles. The highest BCUT2D eigenvalue weighted by molar-refractivity contribution is 5.71. The zero-order valence-corrected chi connectivity index (χ0v) is 13.4. The number of benzene rings is 1. The maximum Gasteiger partial charge on any atom is 0.307 e. The number of ether oxygens (including phenoxy) is 2. The molecule has 1 rings (SSSR count). The minimum atomic E-state index is -0.736. The van der Waals surface area contributed by atoms with Gasteiger partial charge in [-0.3, -0.25) is 4.79 Å². The van der Waals surface area contributed by atoms with Crippen molar-refractivity contribution in [3.63, 3.8) is 0 Å². The number of methoxy groups -OCH3 is 2. The fraction of sp³-hybridized carbons (Fsp3) is 0.588. The van der Waals surface area contributed by atoms with E-state index in [9.17, 15) is 9.90 Å². The lowest BCUT2D eigenvalue weighted by Gasteiger charge is -2.21. The van der Waals surface area contributed by atoms with Crippen LogP contribution in [0.2, 0.25) is 0 Å². The number of rotatable bonds is 9. The normalized spacial score (nSPS) is 13.5. The van der Waals surface area contributed by atoms with Crippen molar-refractivity contribution >= 4 is 5.97 Å². The van der Waals surface area contributed by atoms with E-state index in [0.29, 0.717) is 17.9 Å². The Labute approximate surface area is 127 Å². The van der Waals surface area contributed by atoms with Crippen molar-refractivity contribution in [3.8, 4) is 11.5 Å². The second-order valence-electron chi connectivity index (χ2n) is 5.38. The highest BCUT2D eigenvalue weighted by Gasteiger charge is 2.26. The van der Waals surface area contributed by atoms with Gasteiger partial charge in [-0.25, -0.2) is 0 Å². The van der Waals surface area contributed by atoms with Crippen LogP contribution < -0.4 is 9.47 Å². The van der Waals surface area contributed by atoms with Crippen molar-refractivity contribution in [2.24, 2.45) is 5.92 Å². The van der Waals surface area contributed by atoms with Crippen molar-refractivity contribution in [3.05, 3.63) is 23.8 Å². The summed E-state index contributed by atoms with van der Waals surface area (Å²) < 4.78 is 10.5. The maximum atomic E-state index is 11.6. The monoisotopic (exact) mass is 294 g/mol. The summed E-state index contributed by atoms with van der Waals surface area (Å²) in [6, 6.07) is 5.58. The van der Waals surface area contributed by atoms with E-state index in [4.69, 9.17) is 9.47 Å². The van der Waals surface area contributed by atoms with E-state index in [-0.39, 0.29) is 11.8 Å². The minimum Gasteiger partial charge on any atom is -0.497 e. The predicted octanol–water partition coefficient (Wildman–Crippen LogP) is 4.09. The lowest BCUT2D eigenvalue weighted by molar-refractivity contribution is -0.142. The van der Waals surface area contributed by atoms with Crippen molar-refractivity contribution < 1.29 is 19.4 Å². The third-order valence-corrected chi connectivity index (χ3v) is 3.94. The first-order valence-electron chi connectivity index (χ1n) is 7.49. The Bertz CT molecular complexity index is 434. The van der Waals surface area contributed by atoms with Crippen molar-refractivity contribution in [1.29, 1.82) is 0 Å². The molecule has 0 aliphatic carbocycles. The zero-order valence-electron chi connectivity index (χ0n) is 13.4. The van der Waals surface area contributed by atoms with E-state index in [0.717, 1.165) is 24.8 Å². The number of unbranched alkanes of at least 4 members (excludes halogenated alkanes) is 2. The molecule has 1 aromatic carbocycles. The SMILES string of the molecule is CCCCC[C@@H](C(=O)O)[C@H](C)c1cc(OC)cc(OC)c1. The molecule has 2 atom stereocenters. The summed E-state index contributed by atoms with van der Waals surface area (Å²) in [7, 11) is 3.19. The molecule has 118 valence electrons. The molecule has 0 fully saturated rings. The highest BCUT2D eigenvalue weighted by atomic mass is 16.5. The second-order valence-corrected chi connectivity index (χ2v) is 5.38. The number of hydrogen-bond donors (Lipinski definition) is 1. The fourth-order valence-electron chi connectivity index (χ4n) is 2.53. The first-order chi connectivity index (χ1) is 10.0. The molecule has 0 heterocycles. The van der Waals surface area contributed by atoms with Gasteiger partial charge in [0.15, 0.2) is 0 Å². The minimum absolute atomic E-state index is 0.0802. The summed E-state index contributed by atoms with van der Waals surface area (Å²) in [4.78, 5) is 11.6. The van der Waals surface area contributed by atoms with Gasteiger partial charge in [-0.2, -0.15) is 0 Å². The van der Waals surface area contributed by atoms with E-state index in [2.05, 4.69) is 6.92 Å². The van der Waals surface area contributed by atoms with E-state index < -0.39 is 5.97 Å². The highest BCUT2D eigenvalue weighted by Crippen LogP contribution is 2.33. The van der Waals surface area contributed by atoms with Crippen LogP contribution in [0.5, 0.6) is 11.5 Å².